The zero-order valence-corrected chi connectivity index (χ0v) is 16.9. The second kappa shape index (κ2) is 6.68. The SMILES string of the molecule is COc1ccccc1Cc1c[c]([Hg][C](F)(F)F)ccc1O. The number of hydrogen-bond donors (Lipinski definition) is 1. The molecule has 2 nitrogen and oxygen atoms in total. The van der Waals surface area contributed by atoms with Crippen LogP contribution in [0.2, 0.25) is 0 Å². The number of benzene rings is 2. The van der Waals surface area contributed by atoms with Crippen LogP contribution in [0, 0.1) is 0 Å². The Hall–Kier alpha value is -1.23. The summed E-state index contributed by atoms with van der Waals surface area (Å²) in [6.07, 6.45) is 0.343. The average molecular weight is 483 g/mol. The topological polar surface area (TPSA) is 29.5 Å². The summed E-state index contributed by atoms with van der Waals surface area (Å²) in [5.74, 6) is 0.669. The molecule has 0 saturated carbocycles. The molecule has 0 heterocycles. The standard InChI is InChI=1S/C14H13O2.CF3.Hg/c1-16-14-9-5-3-7-12(14)10-11-6-2-4-8-13(11)15;2-1(3)4;/h3-9,15H,10H2,1H3;;. The molecule has 2 aromatic rings. The first kappa shape index (κ1) is 16.1. The molecule has 0 aliphatic carbocycles. The Kier molecular flexibility index (Phi) is 5.14. The fourth-order valence-corrected chi connectivity index (χ4v) is 6.25. The van der Waals surface area contributed by atoms with Crippen molar-refractivity contribution in [2.45, 2.75) is 10.1 Å². The fraction of sp³-hybridized carbons (Fsp3) is 0.200. The molecule has 0 aromatic heterocycles. The molecule has 0 saturated heterocycles. The monoisotopic (exact) mass is 484 g/mol. The van der Waals surface area contributed by atoms with Gasteiger partial charge in [0.25, 0.3) is 0 Å². The van der Waals surface area contributed by atoms with Gasteiger partial charge in [-0.3, -0.25) is 0 Å². The van der Waals surface area contributed by atoms with Crippen LogP contribution in [0.1, 0.15) is 11.1 Å². The molecular formula is C15H13F3HgO2. The summed E-state index contributed by atoms with van der Waals surface area (Å²) in [7, 11) is 1.54. The van der Waals surface area contributed by atoms with Crippen molar-refractivity contribution >= 4 is 3.07 Å². The molecule has 2 aromatic carbocycles. The molecule has 108 valence electrons. The first-order valence-electron chi connectivity index (χ1n) is 6.38. The van der Waals surface area contributed by atoms with Crippen LogP contribution in [0.5, 0.6) is 11.5 Å². The number of ether oxygens (including phenoxy) is 1. The second-order valence-electron chi connectivity index (χ2n) is 4.74. The summed E-state index contributed by atoms with van der Waals surface area (Å²) >= 11 is -3.17. The number of hydrogen-bond acceptors (Lipinski definition) is 2. The van der Waals surface area contributed by atoms with Crippen LogP contribution in [-0.4, -0.2) is 15.9 Å². The van der Waals surface area contributed by atoms with E-state index in [0.717, 1.165) is 5.56 Å². The molecule has 1 N–H and O–H groups in total. The van der Waals surface area contributed by atoms with Gasteiger partial charge in [0.1, 0.15) is 0 Å². The van der Waals surface area contributed by atoms with E-state index in [2.05, 4.69) is 0 Å². The molecule has 6 heteroatoms. The van der Waals surface area contributed by atoms with E-state index in [-0.39, 0.29) is 5.75 Å². The zero-order valence-electron chi connectivity index (χ0n) is 11.4. The van der Waals surface area contributed by atoms with Gasteiger partial charge in [-0.05, 0) is 0 Å². The minimum atomic E-state index is -4.04. The first-order valence-corrected chi connectivity index (χ1v) is 11.9. The molecular weight excluding hydrogens is 470 g/mol. The van der Waals surface area contributed by atoms with Gasteiger partial charge >= 0.3 is 133 Å². The molecule has 0 amide bonds. The summed E-state index contributed by atoms with van der Waals surface area (Å²) in [5, 5.41) is 9.86. The second-order valence-corrected chi connectivity index (χ2v) is 12.4. The van der Waals surface area contributed by atoms with E-state index >= 15 is 0 Å². The van der Waals surface area contributed by atoms with Crippen LogP contribution in [0.25, 0.3) is 0 Å². The molecule has 0 aliphatic rings. The van der Waals surface area contributed by atoms with Gasteiger partial charge in [0, 0.05) is 0 Å². The van der Waals surface area contributed by atoms with E-state index < -0.39 is 28.3 Å². The predicted molar refractivity (Wildman–Crippen MR) is 69.6 cm³/mol. The summed E-state index contributed by atoms with van der Waals surface area (Å²) < 4.78 is 39.1. The maximum absolute atomic E-state index is 12.5. The van der Waals surface area contributed by atoms with Crippen LogP contribution >= 0.6 is 0 Å². The van der Waals surface area contributed by atoms with Crippen molar-refractivity contribution in [3.05, 3.63) is 53.6 Å². The number of halogens is 3. The van der Waals surface area contributed by atoms with Gasteiger partial charge < -0.3 is 0 Å². The normalized spacial score (nSPS) is 11.0. The number of aromatic hydroxyl groups is 1. The van der Waals surface area contributed by atoms with Gasteiger partial charge in [-0.25, -0.2) is 0 Å². The summed E-state index contributed by atoms with van der Waals surface area (Å²) in [4.78, 5) is 0. The van der Waals surface area contributed by atoms with Gasteiger partial charge in [-0.2, -0.15) is 0 Å². The molecule has 0 spiro atoms. The van der Waals surface area contributed by atoms with E-state index in [1.807, 2.05) is 18.2 Å². The van der Waals surface area contributed by atoms with Crippen molar-refractivity contribution < 1.29 is 47.6 Å². The predicted octanol–water partition coefficient (Wildman–Crippen LogP) is 3.22. The number of phenols is 1. The summed E-state index contributed by atoms with van der Waals surface area (Å²) in [6.45, 7) is 0. The van der Waals surface area contributed by atoms with Gasteiger partial charge in [0.05, 0.1) is 0 Å². The first-order chi connectivity index (χ1) is 9.89. The third-order valence-corrected chi connectivity index (χ3v) is 7.98. The van der Waals surface area contributed by atoms with Crippen molar-refractivity contribution in [2.24, 2.45) is 0 Å². The molecule has 0 atom stereocenters. The average Bonchev–Trinajstić information content (AvgIpc) is 2.41. The summed E-state index contributed by atoms with van der Waals surface area (Å²) in [5.41, 5.74) is 1.33. The van der Waals surface area contributed by atoms with Crippen molar-refractivity contribution in [1.29, 1.82) is 0 Å². The van der Waals surface area contributed by atoms with Crippen LogP contribution in [0.3, 0.4) is 0 Å². The molecule has 2 rings (SSSR count). The van der Waals surface area contributed by atoms with Gasteiger partial charge in [-0.1, -0.05) is 0 Å². The zero-order chi connectivity index (χ0) is 15.5. The Morgan fingerprint density at radius 2 is 1.81 bits per heavy atom. The van der Waals surface area contributed by atoms with Crippen molar-refractivity contribution in [1.82, 2.24) is 0 Å². The third-order valence-electron chi connectivity index (χ3n) is 3.12. The van der Waals surface area contributed by atoms with E-state index in [9.17, 15) is 18.3 Å². The Morgan fingerprint density at radius 3 is 2.48 bits per heavy atom. The van der Waals surface area contributed by atoms with Crippen LogP contribution in [-0.2, 0) is 31.0 Å². The van der Waals surface area contributed by atoms with Gasteiger partial charge in [0.2, 0.25) is 0 Å². The van der Waals surface area contributed by atoms with E-state index in [1.54, 1.807) is 6.07 Å². The Labute approximate surface area is 133 Å². The van der Waals surface area contributed by atoms with Crippen molar-refractivity contribution in [2.75, 3.05) is 7.11 Å². The molecule has 0 unspecified atom stereocenters. The van der Waals surface area contributed by atoms with Crippen LogP contribution in [0.15, 0.2) is 42.5 Å². The fourth-order valence-electron chi connectivity index (χ4n) is 2.18. The molecule has 0 aliphatic heterocycles. The Morgan fingerprint density at radius 1 is 1.10 bits per heavy atom. The number of phenolic OH excluding ortho intramolecular Hbond substituents is 1. The number of rotatable bonds is 4. The molecule has 21 heavy (non-hydrogen) atoms. The van der Waals surface area contributed by atoms with E-state index in [0.29, 0.717) is 20.8 Å². The number of para-hydroxylation sites is 1. The minimum absolute atomic E-state index is 0.0141. The molecule has 0 radical (unpaired) electrons. The van der Waals surface area contributed by atoms with E-state index in [1.165, 1.54) is 25.3 Å². The Bertz CT molecular complexity index is 627. The van der Waals surface area contributed by atoms with Crippen LogP contribution in [0.4, 0.5) is 13.2 Å². The van der Waals surface area contributed by atoms with E-state index in [4.69, 9.17) is 4.74 Å². The van der Waals surface area contributed by atoms with Gasteiger partial charge in [0.15, 0.2) is 0 Å². The summed E-state index contributed by atoms with van der Waals surface area (Å²) in [6, 6.07) is 11.5. The number of alkyl halides is 3. The Balaban J connectivity index is 2.29. The molecule has 0 bridgehead atoms. The van der Waals surface area contributed by atoms with Gasteiger partial charge in [-0.15, -0.1) is 0 Å². The third kappa shape index (κ3) is 4.63. The number of methoxy groups -OCH3 is 1. The van der Waals surface area contributed by atoms with Crippen molar-refractivity contribution in [3.8, 4) is 11.5 Å². The van der Waals surface area contributed by atoms with Crippen molar-refractivity contribution in [3.63, 3.8) is 0 Å². The molecule has 0 fully saturated rings. The van der Waals surface area contributed by atoms with Crippen LogP contribution < -0.4 is 7.81 Å². The quantitative estimate of drug-likeness (QED) is 0.678. The maximum atomic E-state index is 12.5.